The number of likely N-dealkylation sites (N-methyl/N-ethyl adjacent to an activating group) is 1. The average molecular weight is 416 g/mol. The SMILES string of the molecule is CN(C(=O)O)[C@H]1C[C@@H](c2cccc(C(F)(F)F)c2)CC[C@@H]1NC(=O)OC(C)(C)C. The minimum absolute atomic E-state index is 0.249. The first-order chi connectivity index (χ1) is 13.3. The third-order valence-electron chi connectivity index (χ3n) is 5.00. The van der Waals surface area contributed by atoms with Gasteiger partial charge in [0.15, 0.2) is 0 Å². The molecule has 6 nitrogen and oxygen atoms in total. The van der Waals surface area contributed by atoms with Crippen LogP contribution in [0.4, 0.5) is 22.8 Å². The van der Waals surface area contributed by atoms with Crippen LogP contribution in [0.5, 0.6) is 0 Å². The van der Waals surface area contributed by atoms with Crippen LogP contribution in [0.25, 0.3) is 0 Å². The van der Waals surface area contributed by atoms with Gasteiger partial charge in [-0.25, -0.2) is 9.59 Å². The first-order valence-electron chi connectivity index (χ1n) is 9.40. The molecule has 0 bridgehead atoms. The third-order valence-corrected chi connectivity index (χ3v) is 5.00. The molecule has 1 aliphatic rings. The number of amides is 2. The van der Waals surface area contributed by atoms with E-state index in [2.05, 4.69) is 5.32 Å². The van der Waals surface area contributed by atoms with Gasteiger partial charge in [0.25, 0.3) is 0 Å². The van der Waals surface area contributed by atoms with Gasteiger partial charge in [-0.3, -0.25) is 0 Å². The molecule has 1 aromatic carbocycles. The standard InChI is InChI=1S/C20H27F3N2O4/c1-19(2,3)29-17(26)24-15-9-8-13(11-16(15)25(4)18(27)28)12-6-5-7-14(10-12)20(21,22)23/h5-7,10,13,15-16H,8-9,11H2,1-4H3,(H,24,26)(H,27,28)/t13-,15-,16-/m0/s1. The molecule has 2 N–H and O–H groups in total. The molecule has 1 fully saturated rings. The maximum absolute atomic E-state index is 13.0. The van der Waals surface area contributed by atoms with E-state index in [1.165, 1.54) is 13.1 Å². The smallest absolute Gasteiger partial charge is 0.416 e. The minimum atomic E-state index is -4.44. The summed E-state index contributed by atoms with van der Waals surface area (Å²) in [6, 6.07) is 4.03. The summed E-state index contributed by atoms with van der Waals surface area (Å²) in [5.41, 5.74) is -0.917. The first kappa shape index (κ1) is 22.8. The number of alkyl carbamates (subject to hydrolysis) is 1. The molecule has 0 aliphatic heterocycles. The van der Waals surface area contributed by atoms with Gasteiger partial charge in [0, 0.05) is 7.05 Å². The minimum Gasteiger partial charge on any atom is -0.465 e. The van der Waals surface area contributed by atoms with Gasteiger partial charge in [0.1, 0.15) is 5.60 Å². The number of hydrogen-bond acceptors (Lipinski definition) is 3. The molecule has 2 amide bonds. The number of alkyl halides is 3. The van der Waals surface area contributed by atoms with Crippen molar-refractivity contribution in [2.24, 2.45) is 0 Å². The number of carbonyl (C=O) groups excluding carboxylic acids is 1. The monoisotopic (exact) mass is 416 g/mol. The van der Waals surface area contributed by atoms with Crippen molar-refractivity contribution in [2.45, 2.75) is 69.8 Å². The molecule has 3 atom stereocenters. The van der Waals surface area contributed by atoms with E-state index in [1.54, 1.807) is 26.8 Å². The number of hydrogen-bond donors (Lipinski definition) is 2. The van der Waals surface area contributed by atoms with Crippen molar-refractivity contribution in [3.05, 3.63) is 35.4 Å². The number of ether oxygens (including phenoxy) is 1. The van der Waals surface area contributed by atoms with Gasteiger partial charge >= 0.3 is 18.4 Å². The number of nitrogens with zero attached hydrogens (tertiary/aromatic N) is 1. The lowest BCUT2D eigenvalue weighted by molar-refractivity contribution is -0.137. The number of carboxylic acid groups (broad SMARTS) is 1. The molecular weight excluding hydrogens is 389 g/mol. The summed E-state index contributed by atoms with van der Waals surface area (Å²) >= 11 is 0. The average Bonchev–Trinajstić information content (AvgIpc) is 2.59. The van der Waals surface area contributed by atoms with Crippen LogP contribution < -0.4 is 5.32 Å². The van der Waals surface area contributed by atoms with Crippen LogP contribution in [-0.2, 0) is 10.9 Å². The zero-order valence-corrected chi connectivity index (χ0v) is 16.9. The Balaban J connectivity index is 2.20. The second-order valence-corrected chi connectivity index (χ2v) is 8.35. The van der Waals surface area contributed by atoms with Crippen LogP contribution in [0.3, 0.4) is 0 Å². The van der Waals surface area contributed by atoms with Crippen molar-refractivity contribution in [3.63, 3.8) is 0 Å². The fourth-order valence-electron chi connectivity index (χ4n) is 3.62. The summed E-state index contributed by atoms with van der Waals surface area (Å²) in [5.74, 6) is -0.249. The fraction of sp³-hybridized carbons (Fsp3) is 0.600. The molecule has 0 aromatic heterocycles. The molecule has 9 heteroatoms. The van der Waals surface area contributed by atoms with Gasteiger partial charge in [0.05, 0.1) is 17.6 Å². The number of carbonyl (C=O) groups is 2. The predicted molar refractivity (Wildman–Crippen MR) is 101 cm³/mol. The molecule has 1 saturated carbocycles. The van der Waals surface area contributed by atoms with Crippen LogP contribution in [0.1, 0.15) is 57.1 Å². The summed E-state index contributed by atoms with van der Waals surface area (Å²) in [6.45, 7) is 5.16. The van der Waals surface area contributed by atoms with Crippen molar-refractivity contribution < 1.29 is 32.6 Å². The Kier molecular flexibility index (Phi) is 6.70. The molecule has 1 aliphatic carbocycles. The molecule has 0 unspecified atom stereocenters. The normalized spacial score (nSPS) is 22.7. The Hall–Kier alpha value is -2.45. The fourth-order valence-corrected chi connectivity index (χ4v) is 3.62. The molecule has 2 rings (SSSR count). The highest BCUT2D eigenvalue weighted by Gasteiger charge is 2.38. The highest BCUT2D eigenvalue weighted by Crippen LogP contribution is 2.38. The Morgan fingerprint density at radius 1 is 1.21 bits per heavy atom. The maximum Gasteiger partial charge on any atom is 0.416 e. The van der Waals surface area contributed by atoms with Gasteiger partial charge in [0.2, 0.25) is 0 Å². The predicted octanol–water partition coefficient (Wildman–Crippen LogP) is 4.84. The number of nitrogens with one attached hydrogen (secondary N) is 1. The van der Waals surface area contributed by atoms with Gasteiger partial charge < -0.3 is 20.1 Å². The van der Waals surface area contributed by atoms with Crippen molar-refractivity contribution in [1.82, 2.24) is 10.2 Å². The van der Waals surface area contributed by atoms with Crippen molar-refractivity contribution in [3.8, 4) is 0 Å². The highest BCUT2D eigenvalue weighted by molar-refractivity contribution is 5.69. The summed E-state index contributed by atoms with van der Waals surface area (Å²) in [4.78, 5) is 24.8. The summed E-state index contributed by atoms with van der Waals surface area (Å²) in [7, 11) is 1.39. The van der Waals surface area contributed by atoms with E-state index in [-0.39, 0.29) is 5.92 Å². The summed E-state index contributed by atoms with van der Waals surface area (Å²) in [6.07, 6.45) is -5.03. The quantitative estimate of drug-likeness (QED) is 0.739. The summed E-state index contributed by atoms with van der Waals surface area (Å²) in [5, 5.41) is 12.1. The maximum atomic E-state index is 13.0. The first-order valence-corrected chi connectivity index (χ1v) is 9.40. The van der Waals surface area contributed by atoms with Gasteiger partial charge in [-0.15, -0.1) is 0 Å². The Morgan fingerprint density at radius 3 is 2.41 bits per heavy atom. The Bertz CT molecular complexity index is 746. The number of rotatable bonds is 3. The van der Waals surface area contributed by atoms with E-state index in [9.17, 15) is 27.9 Å². The van der Waals surface area contributed by atoms with Crippen LogP contribution in [0, 0.1) is 0 Å². The lowest BCUT2D eigenvalue weighted by Gasteiger charge is -2.40. The summed E-state index contributed by atoms with van der Waals surface area (Å²) < 4.78 is 44.4. The Morgan fingerprint density at radius 2 is 1.86 bits per heavy atom. The Labute approximate surface area is 168 Å². The number of halogens is 3. The van der Waals surface area contributed by atoms with Gasteiger partial charge in [-0.05, 0) is 57.6 Å². The number of benzene rings is 1. The van der Waals surface area contributed by atoms with Crippen molar-refractivity contribution >= 4 is 12.2 Å². The van der Waals surface area contributed by atoms with E-state index in [0.717, 1.165) is 17.0 Å². The van der Waals surface area contributed by atoms with Crippen LogP contribution in [-0.4, -0.2) is 46.9 Å². The lowest BCUT2D eigenvalue weighted by atomic mass is 9.78. The van der Waals surface area contributed by atoms with Crippen LogP contribution in [0.2, 0.25) is 0 Å². The molecule has 162 valence electrons. The third kappa shape index (κ3) is 6.27. The lowest BCUT2D eigenvalue weighted by Crippen LogP contribution is -2.55. The van der Waals surface area contributed by atoms with E-state index >= 15 is 0 Å². The van der Waals surface area contributed by atoms with Crippen LogP contribution >= 0.6 is 0 Å². The molecule has 0 spiro atoms. The van der Waals surface area contributed by atoms with Crippen molar-refractivity contribution in [1.29, 1.82) is 0 Å². The zero-order chi connectivity index (χ0) is 22.0. The topological polar surface area (TPSA) is 78.9 Å². The van der Waals surface area contributed by atoms with E-state index in [0.29, 0.717) is 24.8 Å². The second-order valence-electron chi connectivity index (χ2n) is 8.35. The second kappa shape index (κ2) is 8.51. The molecular formula is C20H27F3N2O4. The van der Waals surface area contributed by atoms with Gasteiger partial charge in [-0.1, -0.05) is 18.2 Å². The largest absolute Gasteiger partial charge is 0.465 e. The van der Waals surface area contributed by atoms with E-state index in [1.807, 2.05) is 0 Å². The van der Waals surface area contributed by atoms with Crippen LogP contribution in [0.15, 0.2) is 24.3 Å². The molecule has 1 aromatic rings. The van der Waals surface area contributed by atoms with Gasteiger partial charge in [-0.2, -0.15) is 13.2 Å². The van der Waals surface area contributed by atoms with E-state index < -0.39 is 41.6 Å². The van der Waals surface area contributed by atoms with E-state index in [4.69, 9.17) is 4.74 Å². The molecule has 0 saturated heterocycles. The zero-order valence-electron chi connectivity index (χ0n) is 16.9. The van der Waals surface area contributed by atoms with Crippen molar-refractivity contribution in [2.75, 3.05) is 7.05 Å². The molecule has 0 heterocycles. The molecule has 29 heavy (non-hydrogen) atoms. The molecule has 0 radical (unpaired) electrons. The highest BCUT2D eigenvalue weighted by atomic mass is 19.4.